The van der Waals surface area contributed by atoms with Gasteiger partial charge in [-0.25, -0.2) is 0 Å². The smallest absolute Gasteiger partial charge is 0.155 e. The topological polar surface area (TPSA) is 75.3 Å². The van der Waals surface area contributed by atoms with Crippen molar-refractivity contribution in [2.45, 2.75) is 40.7 Å². The van der Waals surface area contributed by atoms with Gasteiger partial charge in [0.05, 0.1) is 59.5 Å². The molecule has 0 aliphatic heterocycles. The van der Waals surface area contributed by atoms with E-state index in [-0.39, 0.29) is 12.4 Å². The SMILES string of the molecule is CC.CC(=O)COCCOCCOCCOCCOCCNC(C)C. The first kappa shape index (κ1) is 26.7. The molecule has 0 spiro atoms. The minimum atomic E-state index is 0.0194. The largest absolute Gasteiger partial charge is 0.378 e. The van der Waals surface area contributed by atoms with Gasteiger partial charge in [-0.3, -0.25) is 4.79 Å². The van der Waals surface area contributed by atoms with Gasteiger partial charge in [-0.05, 0) is 6.92 Å². The van der Waals surface area contributed by atoms with Gasteiger partial charge in [0.2, 0.25) is 0 Å². The monoisotopic (exact) mass is 365 g/mol. The van der Waals surface area contributed by atoms with Crippen LogP contribution >= 0.6 is 0 Å². The van der Waals surface area contributed by atoms with Crippen molar-refractivity contribution in [3.63, 3.8) is 0 Å². The lowest BCUT2D eigenvalue weighted by atomic mass is 10.4. The van der Waals surface area contributed by atoms with Crippen molar-refractivity contribution < 1.29 is 28.5 Å². The summed E-state index contributed by atoms with van der Waals surface area (Å²) >= 11 is 0. The fourth-order valence-electron chi connectivity index (χ4n) is 1.52. The molecule has 0 unspecified atom stereocenters. The summed E-state index contributed by atoms with van der Waals surface area (Å²) in [6, 6.07) is 0.490. The molecule has 0 amide bonds. The quantitative estimate of drug-likeness (QED) is 0.370. The molecule has 0 aromatic rings. The molecule has 0 rings (SSSR count). The van der Waals surface area contributed by atoms with E-state index in [1.54, 1.807) is 0 Å². The molecular weight excluding hydrogens is 326 g/mol. The van der Waals surface area contributed by atoms with Crippen molar-refractivity contribution in [2.75, 3.05) is 72.6 Å². The van der Waals surface area contributed by atoms with Gasteiger partial charge >= 0.3 is 0 Å². The maximum Gasteiger partial charge on any atom is 0.155 e. The number of carbonyl (C=O) groups excluding carboxylic acids is 1. The second-order valence-corrected chi connectivity index (χ2v) is 5.31. The van der Waals surface area contributed by atoms with E-state index in [1.807, 2.05) is 13.8 Å². The minimum absolute atomic E-state index is 0.0194. The van der Waals surface area contributed by atoms with E-state index >= 15 is 0 Å². The van der Waals surface area contributed by atoms with Gasteiger partial charge in [-0.1, -0.05) is 27.7 Å². The molecule has 0 radical (unpaired) electrons. The first-order valence-electron chi connectivity index (χ1n) is 9.24. The normalized spacial score (nSPS) is 10.6. The summed E-state index contributed by atoms with van der Waals surface area (Å²) in [5, 5.41) is 3.28. The Kier molecular flexibility index (Phi) is 25.0. The van der Waals surface area contributed by atoms with E-state index < -0.39 is 0 Å². The van der Waals surface area contributed by atoms with E-state index in [0.29, 0.717) is 65.5 Å². The van der Waals surface area contributed by atoms with E-state index in [4.69, 9.17) is 23.7 Å². The van der Waals surface area contributed by atoms with Crippen LogP contribution < -0.4 is 5.32 Å². The summed E-state index contributed by atoms with van der Waals surface area (Å²) in [5.74, 6) is 0.0194. The maximum atomic E-state index is 10.6. The zero-order valence-electron chi connectivity index (χ0n) is 16.8. The lowest BCUT2D eigenvalue weighted by molar-refractivity contribution is -0.122. The molecule has 0 aliphatic carbocycles. The number of hydrogen-bond donors (Lipinski definition) is 1. The van der Waals surface area contributed by atoms with E-state index in [1.165, 1.54) is 6.92 Å². The predicted molar refractivity (Wildman–Crippen MR) is 99.3 cm³/mol. The third-order valence-corrected chi connectivity index (χ3v) is 2.59. The number of Topliss-reactive ketones (excluding diaryl/α,β-unsaturated/α-hetero) is 1. The molecule has 0 bridgehead atoms. The minimum Gasteiger partial charge on any atom is -0.378 e. The van der Waals surface area contributed by atoms with Crippen LogP contribution in [0.2, 0.25) is 0 Å². The molecule has 152 valence electrons. The summed E-state index contributed by atoms with van der Waals surface area (Å²) in [7, 11) is 0. The molecule has 0 saturated heterocycles. The highest BCUT2D eigenvalue weighted by Crippen LogP contribution is 1.84. The number of ketones is 1. The van der Waals surface area contributed by atoms with E-state index in [9.17, 15) is 4.79 Å². The summed E-state index contributed by atoms with van der Waals surface area (Å²) in [6.07, 6.45) is 0. The van der Waals surface area contributed by atoms with Gasteiger partial charge in [-0.15, -0.1) is 0 Å². The Bertz CT molecular complexity index is 264. The van der Waals surface area contributed by atoms with Gasteiger partial charge in [0.1, 0.15) is 6.61 Å². The highest BCUT2D eigenvalue weighted by atomic mass is 16.6. The van der Waals surface area contributed by atoms with Gasteiger partial charge < -0.3 is 29.0 Å². The second kappa shape index (κ2) is 23.4. The van der Waals surface area contributed by atoms with Gasteiger partial charge in [-0.2, -0.15) is 0 Å². The molecule has 0 aromatic heterocycles. The van der Waals surface area contributed by atoms with Crippen molar-refractivity contribution in [2.24, 2.45) is 0 Å². The third kappa shape index (κ3) is 28.5. The highest BCUT2D eigenvalue weighted by molar-refractivity contribution is 5.76. The zero-order chi connectivity index (χ0) is 19.2. The fraction of sp³-hybridized carbons (Fsp3) is 0.944. The van der Waals surface area contributed by atoms with Crippen LogP contribution in [-0.4, -0.2) is 84.4 Å². The van der Waals surface area contributed by atoms with E-state index in [2.05, 4.69) is 19.2 Å². The predicted octanol–water partition coefficient (Wildman–Crippen LogP) is 1.68. The number of ether oxygens (including phenoxy) is 5. The number of nitrogens with one attached hydrogen (secondary N) is 1. The van der Waals surface area contributed by atoms with Crippen LogP contribution in [0.3, 0.4) is 0 Å². The van der Waals surface area contributed by atoms with Crippen LogP contribution in [0.1, 0.15) is 34.6 Å². The summed E-state index contributed by atoms with van der Waals surface area (Å²) in [5.41, 5.74) is 0. The zero-order valence-corrected chi connectivity index (χ0v) is 16.8. The van der Waals surface area contributed by atoms with Crippen molar-refractivity contribution in [3.8, 4) is 0 Å². The molecule has 0 atom stereocenters. The number of carbonyl (C=O) groups is 1. The Morgan fingerprint density at radius 1 is 0.720 bits per heavy atom. The molecule has 7 nitrogen and oxygen atoms in total. The first-order chi connectivity index (χ1) is 12.1. The van der Waals surface area contributed by atoms with Crippen LogP contribution in [0.15, 0.2) is 0 Å². The van der Waals surface area contributed by atoms with Crippen LogP contribution in [0.25, 0.3) is 0 Å². The van der Waals surface area contributed by atoms with Gasteiger partial charge in [0.25, 0.3) is 0 Å². The van der Waals surface area contributed by atoms with Crippen molar-refractivity contribution in [1.29, 1.82) is 0 Å². The van der Waals surface area contributed by atoms with Crippen LogP contribution in [0.5, 0.6) is 0 Å². The first-order valence-corrected chi connectivity index (χ1v) is 9.24. The van der Waals surface area contributed by atoms with Crippen LogP contribution in [0, 0.1) is 0 Å². The molecule has 7 heteroatoms. The van der Waals surface area contributed by atoms with Crippen LogP contribution in [-0.2, 0) is 28.5 Å². The third-order valence-electron chi connectivity index (χ3n) is 2.59. The number of hydrogen-bond acceptors (Lipinski definition) is 7. The Hall–Kier alpha value is -0.570. The Balaban J connectivity index is 0. The van der Waals surface area contributed by atoms with Crippen molar-refractivity contribution in [1.82, 2.24) is 5.32 Å². The summed E-state index contributed by atoms with van der Waals surface area (Å²) in [4.78, 5) is 10.6. The lowest BCUT2D eigenvalue weighted by Gasteiger charge is -2.09. The molecule has 0 saturated carbocycles. The van der Waals surface area contributed by atoms with Crippen molar-refractivity contribution >= 4 is 5.78 Å². The second-order valence-electron chi connectivity index (χ2n) is 5.31. The molecule has 0 aliphatic rings. The lowest BCUT2D eigenvalue weighted by Crippen LogP contribution is -2.27. The van der Waals surface area contributed by atoms with Gasteiger partial charge in [0.15, 0.2) is 5.78 Å². The highest BCUT2D eigenvalue weighted by Gasteiger charge is 1.95. The van der Waals surface area contributed by atoms with E-state index in [0.717, 1.165) is 6.54 Å². The Morgan fingerprint density at radius 3 is 1.44 bits per heavy atom. The molecule has 0 fully saturated rings. The van der Waals surface area contributed by atoms with Gasteiger partial charge in [0, 0.05) is 12.6 Å². The van der Waals surface area contributed by atoms with Crippen molar-refractivity contribution in [3.05, 3.63) is 0 Å². The molecule has 1 N–H and O–H groups in total. The average Bonchev–Trinajstić information content (AvgIpc) is 2.59. The Morgan fingerprint density at radius 2 is 1.08 bits per heavy atom. The average molecular weight is 366 g/mol. The fourth-order valence-corrected chi connectivity index (χ4v) is 1.52. The molecule has 0 aromatic carbocycles. The summed E-state index contributed by atoms with van der Waals surface area (Å²) in [6.45, 7) is 15.6. The number of rotatable bonds is 18. The maximum absolute atomic E-state index is 10.6. The standard InChI is InChI=1S/C16H33NO6.C2H6/c1-15(2)17-4-5-19-6-7-20-8-9-21-10-11-22-12-13-23-14-16(3)18;1-2/h15,17H,4-14H2,1-3H3;1-2H3. The summed E-state index contributed by atoms with van der Waals surface area (Å²) < 4.78 is 26.5. The molecular formula is C18H39NO6. The Labute approximate surface area is 153 Å². The van der Waals surface area contributed by atoms with Crippen LogP contribution in [0.4, 0.5) is 0 Å². The molecule has 25 heavy (non-hydrogen) atoms. The molecule has 0 heterocycles.